The van der Waals surface area contributed by atoms with E-state index in [9.17, 15) is 10.1 Å². The molecule has 162 valence electrons. The molecule has 0 unspecified atom stereocenters. The van der Waals surface area contributed by atoms with Crippen LogP contribution in [0.1, 0.15) is 36.5 Å². The molecule has 1 aliphatic heterocycles. The number of nitriles is 1. The Bertz CT molecular complexity index is 1150. The monoisotopic (exact) mass is 429 g/mol. The third kappa shape index (κ3) is 4.36. The molecule has 5 rings (SSSR count). The van der Waals surface area contributed by atoms with Gasteiger partial charge in [0.25, 0.3) is 0 Å². The molecular formula is C25H23N3O4. The summed E-state index contributed by atoms with van der Waals surface area (Å²) in [5, 5.41) is 12.5. The van der Waals surface area contributed by atoms with Crippen LogP contribution in [-0.2, 0) is 9.53 Å². The zero-order valence-corrected chi connectivity index (χ0v) is 17.5. The number of carbonyl (C=O) groups excluding carboxylic acids is 1. The summed E-state index contributed by atoms with van der Waals surface area (Å²) in [7, 11) is 0. The average Bonchev–Trinajstić information content (AvgIpc) is 3.45. The smallest absolute Gasteiger partial charge is 0.229 e. The van der Waals surface area contributed by atoms with Crippen LogP contribution in [0.2, 0.25) is 0 Å². The van der Waals surface area contributed by atoms with E-state index in [0.717, 1.165) is 36.1 Å². The molecule has 0 radical (unpaired) electrons. The van der Waals surface area contributed by atoms with Crippen molar-refractivity contribution >= 4 is 11.7 Å². The molecule has 3 heterocycles. The van der Waals surface area contributed by atoms with E-state index in [2.05, 4.69) is 16.4 Å². The quantitative estimate of drug-likeness (QED) is 0.619. The minimum atomic E-state index is -0.0987. The predicted molar refractivity (Wildman–Crippen MR) is 117 cm³/mol. The van der Waals surface area contributed by atoms with Crippen molar-refractivity contribution in [3.8, 4) is 22.9 Å². The van der Waals surface area contributed by atoms with Crippen LogP contribution in [0.15, 0.2) is 59.3 Å². The number of pyridine rings is 1. The number of rotatable bonds is 6. The highest BCUT2D eigenvalue weighted by molar-refractivity contribution is 5.94. The van der Waals surface area contributed by atoms with Crippen LogP contribution in [0, 0.1) is 17.2 Å². The van der Waals surface area contributed by atoms with E-state index in [0.29, 0.717) is 30.3 Å². The first-order chi connectivity index (χ1) is 15.7. The maximum absolute atomic E-state index is 12.6. The molecule has 2 aliphatic rings. The van der Waals surface area contributed by atoms with Gasteiger partial charge in [-0.05, 0) is 53.9 Å². The van der Waals surface area contributed by atoms with Crippen LogP contribution >= 0.6 is 0 Å². The van der Waals surface area contributed by atoms with Crippen molar-refractivity contribution in [3.63, 3.8) is 0 Å². The van der Waals surface area contributed by atoms with Gasteiger partial charge in [-0.1, -0.05) is 6.07 Å². The van der Waals surface area contributed by atoms with Crippen LogP contribution in [0.25, 0.3) is 11.1 Å². The molecule has 1 N–H and O–H groups in total. The SMILES string of the molecule is N#Cc1cc(-c2ccnc(NC(=O)[C@@H]3C[C@H]3c3ccco3)c2)ccc1OC1CCOCC1. The average molecular weight is 429 g/mol. The lowest BCUT2D eigenvalue weighted by molar-refractivity contribution is -0.117. The molecule has 1 saturated carbocycles. The van der Waals surface area contributed by atoms with E-state index in [1.54, 1.807) is 12.5 Å². The lowest BCUT2D eigenvalue weighted by Gasteiger charge is -2.23. The number of amides is 1. The largest absolute Gasteiger partial charge is 0.489 e. The summed E-state index contributed by atoms with van der Waals surface area (Å²) in [6.07, 6.45) is 5.77. The molecule has 1 aromatic carbocycles. The summed E-state index contributed by atoms with van der Waals surface area (Å²) >= 11 is 0. The van der Waals surface area contributed by atoms with E-state index in [4.69, 9.17) is 13.9 Å². The Hall–Kier alpha value is -3.63. The van der Waals surface area contributed by atoms with Crippen LogP contribution in [0.5, 0.6) is 5.75 Å². The fourth-order valence-corrected chi connectivity index (χ4v) is 4.07. The summed E-state index contributed by atoms with van der Waals surface area (Å²) in [6.45, 7) is 1.36. The third-order valence-electron chi connectivity index (χ3n) is 5.94. The Balaban J connectivity index is 1.28. The summed E-state index contributed by atoms with van der Waals surface area (Å²) in [6, 6.07) is 15.2. The number of nitrogens with one attached hydrogen (secondary N) is 1. The van der Waals surface area contributed by atoms with E-state index >= 15 is 0 Å². The number of anilines is 1. The van der Waals surface area contributed by atoms with Gasteiger partial charge in [-0.15, -0.1) is 0 Å². The molecule has 1 amide bonds. The van der Waals surface area contributed by atoms with Gasteiger partial charge in [-0.3, -0.25) is 4.79 Å². The minimum absolute atomic E-state index is 0.0611. The Morgan fingerprint density at radius 3 is 2.78 bits per heavy atom. The molecule has 32 heavy (non-hydrogen) atoms. The van der Waals surface area contributed by atoms with Crippen molar-refractivity contribution in [3.05, 3.63) is 66.2 Å². The van der Waals surface area contributed by atoms with Gasteiger partial charge < -0.3 is 19.2 Å². The molecule has 2 fully saturated rings. The number of nitrogens with zero attached hydrogens (tertiary/aromatic N) is 2. The van der Waals surface area contributed by atoms with Gasteiger partial charge in [0.2, 0.25) is 5.91 Å². The predicted octanol–water partition coefficient (Wildman–Crippen LogP) is 4.51. The van der Waals surface area contributed by atoms with Crippen molar-refractivity contribution in [2.45, 2.75) is 31.3 Å². The van der Waals surface area contributed by atoms with Gasteiger partial charge in [0, 0.05) is 30.9 Å². The summed E-state index contributed by atoms with van der Waals surface area (Å²) in [5.74, 6) is 1.89. The lowest BCUT2D eigenvalue weighted by Crippen LogP contribution is -2.26. The second-order valence-corrected chi connectivity index (χ2v) is 8.14. The standard InChI is InChI=1S/C25H23N3O4/c26-15-18-12-16(3-4-22(18)32-19-6-10-30-11-7-19)17-5-8-27-24(13-17)28-25(29)21-14-20(21)23-2-1-9-31-23/h1-5,8-9,12-13,19-21H,6-7,10-11,14H2,(H,27,28,29)/t20-,21-/m1/s1. The Morgan fingerprint density at radius 1 is 1.16 bits per heavy atom. The van der Waals surface area contributed by atoms with Crippen LogP contribution in [0.3, 0.4) is 0 Å². The van der Waals surface area contributed by atoms with Crippen LogP contribution < -0.4 is 10.1 Å². The number of carbonyl (C=O) groups is 1. The van der Waals surface area contributed by atoms with Crippen molar-refractivity contribution in [2.75, 3.05) is 18.5 Å². The fourth-order valence-electron chi connectivity index (χ4n) is 4.07. The second-order valence-electron chi connectivity index (χ2n) is 8.14. The molecule has 7 heteroatoms. The highest BCUT2D eigenvalue weighted by Crippen LogP contribution is 2.48. The zero-order chi connectivity index (χ0) is 21.9. The van der Waals surface area contributed by atoms with E-state index in [1.165, 1.54) is 0 Å². The minimum Gasteiger partial charge on any atom is -0.489 e. The van der Waals surface area contributed by atoms with Crippen molar-refractivity contribution in [2.24, 2.45) is 5.92 Å². The first kappa shape index (κ1) is 20.3. The number of benzene rings is 1. The molecule has 7 nitrogen and oxygen atoms in total. The van der Waals surface area contributed by atoms with E-state index < -0.39 is 0 Å². The molecule has 2 atom stereocenters. The molecule has 0 spiro atoms. The normalized spacial score (nSPS) is 20.3. The Labute approximate surface area is 186 Å². The first-order valence-electron chi connectivity index (χ1n) is 10.8. The highest BCUT2D eigenvalue weighted by atomic mass is 16.5. The zero-order valence-electron chi connectivity index (χ0n) is 17.5. The number of ether oxygens (including phenoxy) is 2. The maximum atomic E-state index is 12.6. The summed E-state index contributed by atoms with van der Waals surface area (Å²) in [4.78, 5) is 16.9. The van der Waals surface area contributed by atoms with Crippen molar-refractivity contribution < 1.29 is 18.7 Å². The maximum Gasteiger partial charge on any atom is 0.229 e. The van der Waals surface area contributed by atoms with Crippen LogP contribution in [-0.4, -0.2) is 30.2 Å². The lowest BCUT2D eigenvalue weighted by atomic mass is 10.0. The Kier molecular flexibility index (Phi) is 5.61. The van der Waals surface area contributed by atoms with Gasteiger partial charge in [-0.2, -0.15) is 5.26 Å². The van der Waals surface area contributed by atoms with Gasteiger partial charge in [0.1, 0.15) is 29.5 Å². The second kappa shape index (κ2) is 8.85. The molecule has 3 aromatic rings. The summed E-state index contributed by atoms with van der Waals surface area (Å²) in [5.41, 5.74) is 2.21. The molecule has 1 saturated heterocycles. The van der Waals surface area contributed by atoms with Gasteiger partial charge >= 0.3 is 0 Å². The molecule has 2 aromatic heterocycles. The highest BCUT2D eigenvalue weighted by Gasteiger charge is 2.45. The van der Waals surface area contributed by atoms with Gasteiger partial charge in [-0.25, -0.2) is 4.98 Å². The molecule has 0 bridgehead atoms. The molecular weight excluding hydrogens is 406 g/mol. The summed E-state index contributed by atoms with van der Waals surface area (Å²) < 4.78 is 16.8. The Morgan fingerprint density at radius 2 is 2.00 bits per heavy atom. The topological polar surface area (TPSA) is 97.4 Å². The van der Waals surface area contributed by atoms with Gasteiger partial charge in [0.15, 0.2) is 0 Å². The van der Waals surface area contributed by atoms with Crippen LogP contribution in [0.4, 0.5) is 5.82 Å². The number of hydrogen-bond donors (Lipinski definition) is 1. The number of aromatic nitrogens is 1. The van der Waals surface area contributed by atoms with Crippen molar-refractivity contribution in [1.82, 2.24) is 4.98 Å². The first-order valence-corrected chi connectivity index (χ1v) is 10.8. The molecule has 1 aliphatic carbocycles. The van der Waals surface area contributed by atoms with E-state index in [1.807, 2.05) is 42.5 Å². The van der Waals surface area contributed by atoms with Crippen molar-refractivity contribution in [1.29, 1.82) is 5.26 Å². The number of hydrogen-bond acceptors (Lipinski definition) is 6. The fraction of sp³-hybridized carbons (Fsp3) is 0.320. The third-order valence-corrected chi connectivity index (χ3v) is 5.94. The van der Waals surface area contributed by atoms with E-state index in [-0.39, 0.29) is 23.8 Å². The van der Waals surface area contributed by atoms with Gasteiger partial charge in [0.05, 0.1) is 25.0 Å². The number of furan rings is 1.